The highest BCUT2D eigenvalue weighted by atomic mass is 16.5. The van der Waals surface area contributed by atoms with E-state index in [9.17, 15) is 4.79 Å². The van der Waals surface area contributed by atoms with Gasteiger partial charge in [-0.25, -0.2) is 0 Å². The molecule has 1 atom stereocenters. The Kier molecular flexibility index (Phi) is 5.41. The zero-order valence-electron chi connectivity index (χ0n) is 12.4. The number of nitrogens with zero attached hydrogens (tertiary/aromatic N) is 1. The molecule has 4 nitrogen and oxygen atoms in total. The van der Waals surface area contributed by atoms with Crippen LogP contribution in [0, 0.1) is 0 Å². The average molecular weight is 276 g/mol. The van der Waals surface area contributed by atoms with Crippen LogP contribution in [0.3, 0.4) is 0 Å². The van der Waals surface area contributed by atoms with Crippen molar-refractivity contribution in [3.8, 4) is 5.75 Å². The molecule has 0 spiro atoms. The normalized spacial score (nSPS) is 18.6. The molecule has 0 bridgehead atoms. The highest BCUT2D eigenvalue weighted by molar-refractivity contribution is 5.80. The quantitative estimate of drug-likeness (QED) is 0.779. The Hall–Kier alpha value is -1.55. The number of rotatable bonds is 7. The minimum atomic E-state index is -0.0146. The number of hydrogen-bond acceptors (Lipinski definition) is 3. The van der Waals surface area contributed by atoms with Crippen LogP contribution in [-0.2, 0) is 4.79 Å². The molecule has 1 saturated heterocycles. The number of amides is 1. The van der Waals surface area contributed by atoms with Gasteiger partial charge in [-0.1, -0.05) is 38.3 Å². The van der Waals surface area contributed by atoms with E-state index in [0.29, 0.717) is 6.54 Å². The van der Waals surface area contributed by atoms with Gasteiger partial charge in [-0.3, -0.25) is 10.1 Å². The summed E-state index contributed by atoms with van der Waals surface area (Å²) in [4.78, 5) is 14.0. The first-order valence-electron chi connectivity index (χ1n) is 7.43. The van der Waals surface area contributed by atoms with Gasteiger partial charge in [0.05, 0.1) is 13.7 Å². The van der Waals surface area contributed by atoms with Gasteiger partial charge in [0.25, 0.3) is 0 Å². The first-order valence-corrected chi connectivity index (χ1v) is 7.43. The summed E-state index contributed by atoms with van der Waals surface area (Å²) in [6, 6.07) is 7.92. The lowest BCUT2D eigenvalue weighted by Crippen LogP contribution is -2.31. The summed E-state index contributed by atoms with van der Waals surface area (Å²) in [5.41, 5.74) is 1.09. The molecule has 1 aromatic carbocycles. The fourth-order valence-electron chi connectivity index (χ4n) is 2.61. The molecular formula is C16H24N2O2. The zero-order valence-corrected chi connectivity index (χ0v) is 12.4. The molecule has 2 rings (SSSR count). The van der Waals surface area contributed by atoms with Crippen molar-refractivity contribution in [2.75, 3.05) is 20.2 Å². The lowest BCUT2D eigenvalue weighted by Gasteiger charge is -2.25. The topological polar surface area (TPSA) is 41.6 Å². The third-order valence-corrected chi connectivity index (χ3v) is 3.74. The second-order valence-electron chi connectivity index (χ2n) is 5.21. The van der Waals surface area contributed by atoms with Gasteiger partial charge in [0.15, 0.2) is 0 Å². The number of carbonyl (C=O) groups excluding carboxylic acids is 1. The van der Waals surface area contributed by atoms with Crippen LogP contribution in [0.4, 0.5) is 0 Å². The van der Waals surface area contributed by atoms with Crippen LogP contribution in [0.15, 0.2) is 24.3 Å². The van der Waals surface area contributed by atoms with E-state index >= 15 is 0 Å². The molecule has 20 heavy (non-hydrogen) atoms. The van der Waals surface area contributed by atoms with Crippen LogP contribution in [0.25, 0.3) is 0 Å². The summed E-state index contributed by atoms with van der Waals surface area (Å²) in [5, 5.41) is 3.29. The summed E-state index contributed by atoms with van der Waals surface area (Å²) >= 11 is 0. The second kappa shape index (κ2) is 7.29. The van der Waals surface area contributed by atoms with Crippen LogP contribution in [0.1, 0.15) is 44.3 Å². The van der Waals surface area contributed by atoms with Crippen LogP contribution in [0.5, 0.6) is 5.75 Å². The summed E-state index contributed by atoms with van der Waals surface area (Å²) in [6.07, 6.45) is 4.69. The first kappa shape index (κ1) is 14.9. The van der Waals surface area contributed by atoms with Gasteiger partial charge in [0.2, 0.25) is 5.91 Å². The highest BCUT2D eigenvalue weighted by Gasteiger charge is 2.31. The molecule has 1 aliphatic heterocycles. The Labute approximate surface area is 121 Å². The van der Waals surface area contributed by atoms with Crippen LogP contribution < -0.4 is 10.1 Å². The summed E-state index contributed by atoms with van der Waals surface area (Å²) in [5.74, 6) is 1.02. The molecule has 0 aromatic heterocycles. The summed E-state index contributed by atoms with van der Waals surface area (Å²) in [6.45, 7) is 3.45. The molecule has 4 heteroatoms. The maximum Gasteiger partial charge on any atom is 0.238 e. The van der Waals surface area contributed by atoms with E-state index < -0.39 is 0 Å². The van der Waals surface area contributed by atoms with E-state index in [-0.39, 0.29) is 12.1 Å². The third-order valence-electron chi connectivity index (χ3n) is 3.74. The van der Waals surface area contributed by atoms with Crippen molar-refractivity contribution < 1.29 is 9.53 Å². The van der Waals surface area contributed by atoms with Gasteiger partial charge in [-0.15, -0.1) is 0 Å². The number of unbranched alkanes of at least 4 members (excludes halogenated alkanes) is 3. The largest absolute Gasteiger partial charge is 0.497 e. The van der Waals surface area contributed by atoms with E-state index in [1.807, 2.05) is 29.2 Å². The molecule has 110 valence electrons. The Balaban J connectivity index is 2.02. The molecule has 1 aliphatic rings. The standard InChI is InChI=1S/C16H24N2O2/c1-3-4-5-6-10-18-15(19)12-17-16(18)13-8-7-9-14(11-13)20-2/h7-9,11,16-17H,3-6,10,12H2,1-2H3. The minimum absolute atomic E-state index is 0.0146. The molecule has 0 saturated carbocycles. The highest BCUT2D eigenvalue weighted by Crippen LogP contribution is 2.25. The van der Waals surface area contributed by atoms with Gasteiger partial charge in [0, 0.05) is 6.54 Å². The Bertz CT molecular complexity index is 448. The van der Waals surface area contributed by atoms with Gasteiger partial charge >= 0.3 is 0 Å². The molecule has 1 amide bonds. The predicted molar refractivity (Wildman–Crippen MR) is 79.6 cm³/mol. The van der Waals surface area contributed by atoms with Crippen LogP contribution >= 0.6 is 0 Å². The van der Waals surface area contributed by atoms with Gasteiger partial charge in [0.1, 0.15) is 11.9 Å². The van der Waals surface area contributed by atoms with Crippen molar-refractivity contribution in [2.24, 2.45) is 0 Å². The van der Waals surface area contributed by atoms with Crippen molar-refractivity contribution in [3.05, 3.63) is 29.8 Å². The number of nitrogens with one attached hydrogen (secondary N) is 1. The molecule has 1 unspecified atom stereocenters. The summed E-state index contributed by atoms with van der Waals surface area (Å²) in [7, 11) is 1.66. The number of methoxy groups -OCH3 is 1. The van der Waals surface area contributed by atoms with Crippen molar-refractivity contribution in [3.63, 3.8) is 0 Å². The Morgan fingerprint density at radius 1 is 1.35 bits per heavy atom. The van der Waals surface area contributed by atoms with Gasteiger partial charge < -0.3 is 9.64 Å². The fraction of sp³-hybridized carbons (Fsp3) is 0.562. The van der Waals surface area contributed by atoms with Crippen molar-refractivity contribution in [1.29, 1.82) is 0 Å². The first-order chi connectivity index (χ1) is 9.76. The molecule has 0 aliphatic carbocycles. The fourth-order valence-corrected chi connectivity index (χ4v) is 2.61. The minimum Gasteiger partial charge on any atom is -0.497 e. The smallest absolute Gasteiger partial charge is 0.238 e. The molecule has 0 radical (unpaired) electrons. The van der Waals surface area contributed by atoms with Gasteiger partial charge in [-0.05, 0) is 24.1 Å². The van der Waals surface area contributed by atoms with E-state index in [1.54, 1.807) is 7.11 Å². The maximum absolute atomic E-state index is 12.0. The van der Waals surface area contributed by atoms with E-state index in [1.165, 1.54) is 19.3 Å². The number of benzene rings is 1. The van der Waals surface area contributed by atoms with Crippen molar-refractivity contribution >= 4 is 5.91 Å². The predicted octanol–water partition coefficient (Wildman–Crippen LogP) is 2.71. The lowest BCUT2D eigenvalue weighted by molar-refractivity contribution is -0.128. The van der Waals surface area contributed by atoms with Gasteiger partial charge in [-0.2, -0.15) is 0 Å². The Morgan fingerprint density at radius 3 is 2.95 bits per heavy atom. The monoisotopic (exact) mass is 276 g/mol. The third kappa shape index (κ3) is 3.51. The second-order valence-corrected chi connectivity index (χ2v) is 5.21. The van der Waals surface area contributed by atoms with Crippen LogP contribution in [-0.4, -0.2) is 31.0 Å². The molecule has 1 aromatic rings. The van der Waals surface area contributed by atoms with E-state index in [0.717, 1.165) is 24.3 Å². The molecule has 1 fully saturated rings. The number of ether oxygens (including phenoxy) is 1. The summed E-state index contributed by atoms with van der Waals surface area (Å²) < 4.78 is 5.26. The average Bonchev–Trinajstić information content (AvgIpc) is 2.85. The van der Waals surface area contributed by atoms with Crippen molar-refractivity contribution in [1.82, 2.24) is 10.2 Å². The molecule has 1 N–H and O–H groups in total. The molecular weight excluding hydrogens is 252 g/mol. The SMILES string of the molecule is CCCCCCN1C(=O)CNC1c1cccc(OC)c1. The zero-order chi connectivity index (χ0) is 14.4. The Morgan fingerprint density at radius 2 is 2.20 bits per heavy atom. The lowest BCUT2D eigenvalue weighted by atomic mass is 10.1. The van der Waals surface area contributed by atoms with E-state index in [2.05, 4.69) is 12.2 Å². The number of hydrogen-bond donors (Lipinski definition) is 1. The van der Waals surface area contributed by atoms with Crippen LogP contribution in [0.2, 0.25) is 0 Å². The maximum atomic E-state index is 12.0. The molecule has 1 heterocycles. The van der Waals surface area contributed by atoms with Crippen molar-refractivity contribution in [2.45, 2.75) is 38.8 Å². The number of carbonyl (C=O) groups is 1. The van der Waals surface area contributed by atoms with E-state index in [4.69, 9.17) is 4.74 Å².